The Morgan fingerprint density at radius 2 is 1.67 bits per heavy atom. The highest BCUT2D eigenvalue weighted by molar-refractivity contribution is 5.98. The number of amides is 2. The molecule has 0 radical (unpaired) electrons. The molecule has 0 bridgehead atoms. The van der Waals surface area contributed by atoms with Crippen molar-refractivity contribution in [3.8, 4) is 0 Å². The van der Waals surface area contributed by atoms with Gasteiger partial charge in [-0.1, -0.05) is 30.3 Å². The molecule has 0 aliphatic carbocycles. The Bertz CT molecular complexity index is 868. The topological polar surface area (TPSA) is 75.4 Å². The van der Waals surface area contributed by atoms with Gasteiger partial charge in [-0.05, 0) is 60.3 Å². The molecule has 1 unspecified atom stereocenters. The van der Waals surface area contributed by atoms with Gasteiger partial charge < -0.3 is 16.0 Å². The summed E-state index contributed by atoms with van der Waals surface area (Å²) in [6, 6.07) is 13.2. The number of hydrogen-bond acceptors (Lipinski definition) is 3. The standard InChI is InChI=1S/C21H23N3O2.ClH/c22-20(25)19-12-15-3-1-2-4-18(15)13-24(19)21(26)17-6-5-14-7-9-23-10-8-16(14)11-17;/h1-6,11,19,23H,7-10,12-13H2,(H2,22,25);1H. The molecular weight excluding hydrogens is 362 g/mol. The Morgan fingerprint density at radius 3 is 2.41 bits per heavy atom. The van der Waals surface area contributed by atoms with Crippen molar-refractivity contribution in [2.24, 2.45) is 5.73 Å². The van der Waals surface area contributed by atoms with Crippen LogP contribution < -0.4 is 11.1 Å². The summed E-state index contributed by atoms with van der Waals surface area (Å²) < 4.78 is 0. The number of nitrogens with one attached hydrogen (secondary N) is 1. The molecule has 142 valence electrons. The SMILES string of the molecule is Cl.NC(=O)C1Cc2ccccc2CN1C(=O)c1ccc2c(c1)CCNCC2. The van der Waals surface area contributed by atoms with Crippen molar-refractivity contribution in [2.45, 2.75) is 31.8 Å². The lowest BCUT2D eigenvalue weighted by molar-refractivity contribution is -0.122. The number of nitrogens with two attached hydrogens (primary N) is 1. The molecule has 2 aliphatic heterocycles. The number of benzene rings is 2. The average Bonchev–Trinajstić information content (AvgIpc) is 2.91. The van der Waals surface area contributed by atoms with Crippen LogP contribution in [0.1, 0.15) is 32.6 Å². The summed E-state index contributed by atoms with van der Waals surface area (Å²) in [4.78, 5) is 26.8. The second-order valence-electron chi connectivity index (χ2n) is 7.06. The minimum Gasteiger partial charge on any atom is -0.368 e. The number of hydrogen-bond donors (Lipinski definition) is 2. The normalized spacial score (nSPS) is 18.5. The van der Waals surface area contributed by atoms with Gasteiger partial charge in [0.15, 0.2) is 0 Å². The van der Waals surface area contributed by atoms with Crippen LogP contribution in [0.15, 0.2) is 42.5 Å². The molecule has 0 fully saturated rings. The van der Waals surface area contributed by atoms with Crippen LogP contribution >= 0.6 is 12.4 Å². The quantitative estimate of drug-likeness (QED) is 0.828. The minimum absolute atomic E-state index is 0. The lowest BCUT2D eigenvalue weighted by Crippen LogP contribution is -2.51. The van der Waals surface area contributed by atoms with Gasteiger partial charge in [-0.25, -0.2) is 0 Å². The van der Waals surface area contributed by atoms with E-state index in [0.29, 0.717) is 18.5 Å². The second kappa shape index (κ2) is 8.11. The lowest BCUT2D eigenvalue weighted by Gasteiger charge is -2.35. The van der Waals surface area contributed by atoms with E-state index < -0.39 is 11.9 Å². The van der Waals surface area contributed by atoms with Gasteiger partial charge in [-0.3, -0.25) is 9.59 Å². The van der Waals surface area contributed by atoms with Gasteiger partial charge >= 0.3 is 0 Å². The number of carbonyl (C=O) groups excluding carboxylic acids is 2. The maximum atomic E-state index is 13.2. The van der Waals surface area contributed by atoms with E-state index in [1.54, 1.807) is 4.90 Å². The van der Waals surface area contributed by atoms with Crippen molar-refractivity contribution < 1.29 is 9.59 Å². The molecule has 0 spiro atoms. The van der Waals surface area contributed by atoms with E-state index in [4.69, 9.17) is 5.73 Å². The molecule has 1 atom stereocenters. The van der Waals surface area contributed by atoms with E-state index in [1.807, 2.05) is 42.5 Å². The van der Waals surface area contributed by atoms with Gasteiger partial charge in [0.25, 0.3) is 5.91 Å². The fourth-order valence-corrected chi connectivity index (χ4v) is 3.96. The predicted octanol–water partition coefficient (Wildman–Crippen LogP) is 1.85. The first-order valence-electron chi connectivity index (χ1n) is 9.13. The fraction of sp³-hybridized carbons (Fsp3) is 0.333. The molecule has 27 heavy (non-hydrogen) atoms. The Hall–Kier alpha value is -2.37. The molecule has 2 aliphatic rings. The number of fused-ring (bicyclic) bond motifs is 2. The summed E-state index contributed by atoms with van der Waals surface area (Å²) in [6.45, 7) is 2.31. The first-order valence-corrected chi connectivity index (χ1v) is 9.13. The number of rotatable bonds is 2. The van der Waals surface area contributed by atoms with Crippen molar-refractivity contribution in [3.63, 3.8) is 0 Å². The third-order valence-electron chi connectivity index (χ3n) is 5.43. The van der Waals surface area contributed by atoms with Gasteiger partial charge in [0, 0.05) is 18.5 Å². The summed E-state index contributed by atoms with van der Waals surface area (Å²) in [5.41, 5.74) is 10.9. The van der Waals surface area contributed by atoms with Gasteiger partial charge in [0.05, 0.1) is 0 Å². The Labute approximate surface area is 165 Å². The van der Waals surface area contributed by atoms with Crippen LogP contribution in [-0.4, -0.2) is 35.8 Å². The van der Waals surface area contributed by atoms with Crippen LogP contribution in [0.2, 0.25) is 0 Å². The Kier molecular flexibility index (Phi) is 5.82. The van der Waals surface area contributed by atoms with E-state index in [0.717, 1.165) is 37.1 Å². The Morgan fingerprint density at radius 1 is 0.963 bits per heavy atom. The third kappa shape index (κ3) is 3.84. The Balaban J connectivity index is 0.00000210. The zero-order chi connectivity index (χ0) is 18.1. The third-order valence-corrected chi connectivity index (χ3v) is 5.43. The monoisotopic (exact) mass is 385 g/mol. The first kappa shape index (κ1) is 19.4. The molecule has 4 rings (SSSR count). The summed E-state index contributed by atoms with van der Waals surface area (Å²) >= 11 is 0. The van der Waals surface area contributed by atoms with E-state index in [2.05, 4.69) is 5.32 Å². The second-order valence-corrected chi connectivity index (χ2v) is 7.06. The molecule has 0 saturated carbocycles. The highest BCUT2D eigenvalue weighted by Gasteiger charge is 2.33. The summed E-state index contributed by atoms with van der Waals surface area (Å²) in [5.74, 6) is -0.574. The van der Waals surface area contributed by atoms with Crippen LogP contribution in [0.3, 0.4) is 0 Å². The van der Waals surface area contributed by atoms with Crippen molar-refractivity contribution in [1.29, 1.82) is 0 Å². The van der Waals surface area contributed by atoms with E-state index in [1.165, 1.54) is 11.1 Å². The van der Waals surface area contributed by atoms with Gasteiger partial charge in [-0.2, -0.15) is 0 Å². The molecular formula is C21H24ClN3O2. The van der Waals surface area contributed by atoms with Crippen molar-refractivity contribution in [1.82, 2.24) is 10.2 Å². The zero-order valence-electron chi connectivity index (χ0n) is 15.1. The van der Waals surface area contributed by atoms with Crippen molar-refractivity contribution in [3.05, 3.63) is 70.3 Å². The van der Waals surface area contributed by atoms with Crippen molar-refractivity contribution >= 4 is 24.2 Å². The summed E-state index contributed by atoms with van der Waals surface area (Å²) in [5, 5.41) is 3.38. The van der Waals surface area contributed by atoms with Crippen LogP contribution in [0, 0.1) is 0 Å². The van der Waals surface area contributed by atoms with E-state index >= 15 is 0 Å². The zero-order valence-corrected chi connectivity index (χ0v) is 15.9. The minimum atomic E-state index is -0.599. The fourth-order valence-electron chi connectivity index (χ4n) is 3.96. The highest BCUT2D eigenvalue weighted by Crippen LogP contribution is 2.26. The number of halogens is 1. The van der Waals surface area contributed by atoms with Gasteiger partial charge in [0.1, 0.15) is 6.04 Å². The average molecular weight is 386 g/mol. The number of primary amides is 1. The number of carbonyl (C=O) groups is 2. The van der Waals surface area contributed by atoms with E-state index in [9.17, 15) is 9.59 Å². The molecule has 2 aromatic carbocycles. The van der Waals surface area contributed by atoms with Crippen LogP contribution in [-0.2, 0) is 30.6 Å². The van der Waals surface area contributed by atoms with Crippen LogP contribution in [0.5, 0.6) is 0 Å². The molecule has 0 aromatic heterocycles. The van der Waals surface area contributed by atoms with Gasteiger partial charge in [-0.15, -0.1) is 12.4 Å². The van der Waals surface area contributed by atoms with Crippen LogP contribution in [0.4, 0.5) is 0 Å². The van der Waals surface area contributed by atoms with Crippen LogP contribution in [0.25, 0.3) is 0 Å². The maximum Gasteiger partial charge on any atom is 0.254 e. The molecule has 2 heterocycles. The highest BCUT2D eigenvalue weighted by atomic mass is 35.5. The summed E-state index contributed by atoms with van der Waals surface area (Å²) in [7, 11) is 0. The summed E-state index contributed by atoms with van der Waals surface area (Å²) in [6.07, 6.45) is 2.37. The van der Waals surface area contributed by atoms with Crippen molar-refractivity contribution in [2.75, 3.05) is 13.1 Å². The molecule has 3 N–H and O–H groups in total. The maximum absolute atomic E-state index is 13.2. The molecule has 0 saturated heterocycles. The van der Waals surface area contributed by atoms with E-state index in [-0.39, 0.29) is 18.3 Å². The molecule has 2 aromatic rings. The molecule has 5 nitrogen and oxygen atoms in total. The predicted molar refractivity (Wildman–Crippen MR) is 107 cm³/mol. The first-order chi connectivity index (χ1) is 12.6. The molecule has 6 heteroatoms. The molecule has 2 amide bonds. The largest absolute Gasteiger partial charge is 0.368 e. The number of nitrogens with zero attached hydrogens (tertiary/aromatic N) is 1. The van der Waals surface area contributed by atoms with Gasteiger partial charge in [0.2, 0.25) is 5.91 Å². The lowest BCUT2D eigenvalue weighted by atomic mass is 9.92. The smallest absolute Gasteiger partial charge is 0.254 e.